The van der Waals surface area contributed by atoms with Crippen LogP contribution in [-0.4, -0.2) is 23.2 Å². The van der Waals surface area contributed by atoms with Crippen molar-refractivity contribution in [2.75, 3.05) is 0 Å². The molecule has 1 fully saturated rings. The van der Waals surface area contributed by atoms with Crippen molar-refractivity contribution in [2.24, 2.45) is 0 Å². The minimum Gasteiger partial charge on any atom is -0.506 e. The second kappa shape index (κ2) is 8.50. The topological polar surface area (TPSA) is 84.9 Å². The maximum Gasteiger partial charge on any atom is 0.415 e. The van der Waals surface area contributed by atoms with Crippen LogP contribution in [0.5, 0.6) is 17.2 Å². The highest BCUT2D eigenvalue weighted by Crippen LogP contribution is 2.37. The van der Waals surface area contributed by atoms with E-state index in [0.29, 0.717) is 25.1 Å². The largest absolute Gasteiger partial charge is 0.506 e. The number of halogens is 4. The van der Waals surface area contributed by atoms with Crippen molar-refractivity contribution in [3.05, 3.63) is 44.1 Å². The number of hydrogen-bond acceptors (Lipinski definition) is 5. The number of phenolic OH excluding ortho intramolecular Hbond substituents is 1. The molecule has 0 saturated carbocycles. The Morgan fingerprint density at radius 1 is 1.00 bits per heavy atom. The summed E-state index contributed by atoms with van der Waals surface area (Å²) in [4.78, 5) is 22.7. The number of hydrogen-bond donors (Lipinski definition) is 2. The van der Waals surface area contributed by atoms with Crippen LogP contribution in [0, 0.1) is 14.3 Å². The molecule has 2 aromatic carbocycles. The molecular weight excluding hydrogens is 794 g/mol. The number of ether oxygens (including phenoxy) is 2. The van der Waals surface area contributed by atoms with Gasteiger partial charge < -0.3 is 19.9 Å². The van der Waals surface area contributed by atoms with Crippen molar-refractivity contribution in [1.29, 1.82) is 0 Å². The van der Waals surface area contributed by atoms with Crippen molar-refractivity contribution in [3.63, 3.8) is 0 Å². The Hall–Kier alpha value is -0.100. The lowest BCUT2D eigenvalue weighted by Crippen LogP contribution is -2.30. The molecule has 0 spiro atoms. The van der Waals surface area contributed by atoms with Crippen molar-refractivity contribution in [1.82, 2.24) is 5.32 Å². The highest BCUT2D eigenvalue weighted by Gasteiger charge is 2.32. The van der Waals surface area contributed by atoms with Crippen molar-refractivity contribution in [2.45, 2.75) is 12.5 Å². The summed E-state index contributed by atoms with van der Waals surface area (Å²) in [5.41, 5.74) is 0.894. The average molecular weight is 803 g/mol. The number of benzene rings is 2. The Labute approximate surface area is 203 Å². The quantitative estimate of drug-likeness (QED) is 0.265. The van der Waals surface area contributed by atoms with E-state index in [9.17, 15) is 14.7 Å². The van der Waals surface area contributed by atoms with E-state index in [1.165, 1.54) is 0 Å². The molecule has 0 aliphatic carbocycles. The molecular formula is C16H9I4NO5. The van der Waals surface area contributed by atoms with E-state index < -0.39 is 18.1 Å². The molecule has 3 rings (SSSR count). The number of carbonyl (C=O) groups excluding carboxylic acids is 2. The van der Waals surface area contributed by atoms with Crippen LogP contribution in [0.4, 0.5) is 4.79 Å². The molecule has 10 heteroatoms. The number of rotatable bonds is 4. The SMILES string of the molecule is O=C1NC(Cc2cc(I)c(Oc3cc(I)c(O)c(I)c3)c(I)c2)C(=O)O1. The van der Waals surface area contributed by atoms with Gasteiger partial charge in [0.25, 0.3) is 0 Å². The van der Waals surface area contributed by atoms with Gasteiger partial charge in [0.15, 0.2) is 5.75 Å². The molecule has 0 aromatic heterocycles. The first-order chi connectivity index (χ1) is 12.2. The summed E-state index contributed by atoms with van der Waals surface area (Å²) in [5, 5.41) is 12.4. The highest BCUT2D eigenvalue weighted by molar-refractivity contribution is 14.1. The van der Waals surface area contributed by atoms with Gasteiger partial charge in [-0.15, -0.1) is 0 Å². The fourth-order valence-corrected chi connectivity index (χ4v) is 6.14. The molecule has 2 N–H and O–H groups in total. The summed E-state index contributed by atoms with van der Waals surface area (Å²) < 4.78 is 13.7. The number of aromatic hydroxyl groups is 1. The molecule has 0 radical (unpaired) electrons. The van der Waals surface area contributed by atoms with E-state index in [0.717, 1.165) is 12.7 Å². The molecule has 1 saturated heterocycles. The Balaban J connectivity index is 1.84. The van der Waals surface area contributed by atoms with Crippen LogP contribution in [0.25, 0.3) is 0 Å². The Bertz CT molecular complexity index is 871. The zero-order valence-electron chi connectivity index (χ0n) is 12.7. The van der Waals surface area contributed by atoms with Crippen molar-refractivity contribution in [3.8, 4) is 17.2 Å². The Morgan fingerprint density at radius 3 is 2.08 bits per heavy atom. The number of carbonyl (C=O) groups is 2. The third-order valence-electron chi connectivity index (χ3n) is 3.48. The van der Waals surface area contributed by atoms with Crippen LogP contribution in [0.15, 0.2) is 24.3 Å². The second-order valence-corrected chi connectivity index (χ2v) is 9.98. The highest BCUT2D eigenvalue weighted by atomic mass is 127. The zero-order valence-corrected chi connectivity index (χ0v) is 21.3. The minimum atomic E-state index is -0.708. The molecule has 1 amide bonds. The van der Waals surface area contributed by atoms with Crippen LogP contribution in [-0.2, 0) is 16.0 Å². The number of amides is 1. The number of alkyl carbamates (subject to hydrolysis) is 1. The van der Waals surface area contributed by atoms with Gasteiger partial charge in [-0.3, -0.25) is 0 Å². The number of nitrogens with one attached hydrogen (secondary N) is 1. The van der Waals surface area contributed by atoms with Gasteiger partial charge in [-0.1, -0.05) is 0 Å². The molecule has 1 aliphatic heterocycles. The van der Waals surface area contributed by atoms with Crippen molar-refractivity contribution >= 4 is 102 Å². The van der Waals surface area contributed by atoms with E-state index in [-0.39, 0.29) is 5.75 Å². The first-order valence-corrected chi connectivity index (χ1v) is 11.4. The fraction of sp³-hybridized carbons (Fsp3) is 0.125. The Morgan fingerprint density at radius 2 is 1.58 bits per heavy atom. The second-order valence-electron chi connectivity index (χ2n) is 5.34. The lowest BCUT2D eigenvalue weighted by Gasteiger charge is -2.14. The molecule has 1 atom stereocenters. The molecule has 26 heavy (non-hydrogen) atoms. The molecule has 2 aromatic rings. The first kappa shape index (κ1) is 20.6. The summed E-state index contributed by atoms with van der Waals surface area (Å²) in [6.45, 7) is 0. The number of cyclic esters (lactones) is 2. The lowest BCUT2D eigenvalue weighted by molar-refractivity contribution is -0.135. The summed E-state index contributed by atoms with van der Waals surface area (Å²) in [6, 6.07) is 6.68. The van der Waals surface area contributed by atoms with E-state index in [4.69, 9.17) is 4.74 Å². The molecule has 6 nitrogen and oxygen atoms in total. The predicted octanol–water partition coefficient (Wildman–Crippen LogP) is 4.78. The van der Waals surface area contributed by atoms with E-state index in [1.54, 1.807) is 12.1 Å². The summed E-state index contributed by atoms with van der Waals surface area (Å²) in [5.74, 6) is 1.01. The molecule has 0 bridgehead atoms. The van der Waals surface area contributed by atoms with Gasteiger partial charge in [-0.05, 0) is 120 Å². The molecule has 1 unspecified atom stereocenters. The summed E-state index contributed by atoms with van der Waals surface area (Å²) in [7, 11) is 0. The Kier molecular flexibility index (Phi) is 6.75. The smallest absolute Gasteiger partial charge is 0.415 e. The van der Waals surface area contributed by atoms with Crippen LogP contribution >= 0.6 is 90.4 Å². The van der Waals surface area contributed by atoms with Crippen LogP contribution in [0.3, 0.4) is 0 Å². The third kappa shape index (κ3) is 4.65. The normalized spacial score (nSPS) is 16.4. The standard InChI is InChI=1S/C16H9I4NO5/c17-8-4-7(5-9(18)13(8)22)25-14-10(19)1-6(2-11(14)20)3-12-15(23)26-16(24)21-12/h1-2,4-5,12,22H,3H2,(H,21,24). The van der Waals surface area contributed by atoms with Gasteiger partial charge in [-0.25, -0.2) is 9.59 Å². The maximum absolute atomic E-state index is 11.6. The van der Waals surface area contributed by atoms with Gasteiger partial charge >= 0.3 is 12.1 Å². The summed E-state index contributed by atoms with van der Waals surface area (Å²) >= 11 is 8.45. The monoisotopic (exact) mass is 803 g/mol. The van der Waals surface area contributed by atoms with E-state index in [2.05, 4.69) is 100 Å². The maximum atomic E-state index is 11.6. The lowest BCUT2D eigenvalue weighted by atomic mass is 10.1. The van der Waals surface area contributed by atoms with E-state index >= 15 is 0 Å². The predicted molar refractivity (Wildman–Crippen MR) is 128 cm³/mol. The van der Waals surface area contributed by atoms with Gasteiger partial charge in [-0.2, -0.15) is 0 Å². The average Bonchev–Trinajstić information content (AvgIpc) is 2.86. The summed E-state index contributed by atoms with van der Waals surface area (Å²) in [6.07, 6.45) is -0.354. The third-order valence-corrected chi connectivity index (χ3v) is 6.73. The van der Waals surface area contributed by atoms with Gasteiger partial charge in [0.2, 0.25) is 0 Å². The number of esters is 1. The fourth-order valence-electron chi connectivity index (χ4n) is 2.31. The van der Waals surface area contributed by atoms with Crippen LogP contribution in [0.1, 0.15) is 5.56 Å². The van der Waals surface area contributed by atoms with Crippen LogP contribution in [0.2, 0.25) is 0 Å². The van der Waals surface area contributed by atoms with Gasteiger partial charge in [0.1, 0.15) is 17.5 Å². The molecule has 1 heterocycles. The molecule has 136 valence electrons. The van der Waals surface area contributed by atoms with Gasteiger partial charge in [0.05, 0.1) is 14.3 Å². The first-order valence-electron chi connectivity index (χ1n) is 7.10. The molecule has 1 aliphatic rings. The number of phenols is 1. The van der Waals surface area contributed by atoms with Crippen LogP contribution < -0.4 is 10.1 Å². The van der Waals surface area contributed by atoms with E-state index in [1.807, 2.05) is 12.1 Å². The minimum absolute atomic E-state index is 0.240. The van der Waals surface area contributed by atoms with Crippen molar-refractivity contribution < 1.29 is 24.2 Å². The zero-order chi connectivity index (χ0) is 19.0. The van der Waals surface area contributed by atoms with Gasteiger partial charge in [0, 0.05) is 6.42 Å².